The highest BCUT2D eigenvalue weighted by Gasteiger charge is 2.31. The van der Waals surface area contributed by atoms with Gasteiger partial charge in [-0.1, -0.05) is 30.9 Å². The van der Waals surface area contributed by atoms with Crippen molar-refractivity contribution in [1.82, 2.24) is 4.57 Å². The Hall–Kier alpha value is -3.33. The molecule has 0 amide bonds. The summed E-state index contributed by atoms with van der Waals surface area (Å²) in [5.41, 5.74) is 1.82. The maximum atomic E-state index is 13.5. The van der Waals surface area contributed by atoms with Gasteiger partial charge in [-0.25, -0.2) is 0 Å². The van der Waals surface area contributed by atoms with Gasteiger partial charge < -0.3 is 9.52 Å². The van der Waals surface area contributed by atoms with Crippen molar-refractivity contribution in [2.75, 3.05) is 0 Å². The minimum atomic E-state index is -0.534. The van der Waals surface area contributed by atoms with Gasteiger partial charge in [0.1, 0.15) is 17.2 Å². The van der Waals surface area contributed by atoms with Crippen molar-refractivity contribution in [3.63, 3.8) is 0 Å². The van der Waals surface area contributed by atoms with Crippen LogP contribution in [0, 0.1) is 32.1 Å². The molecule has 0 saturated heterocycles. The van der Waals surface area contributed by atoms with Crippen molar-refractivity contribution >= 4 is 16.8 Å². The quantitative estimate of drug-likeness (QED) is 0.631. The molecular weight excluding hydrogens is 380 g/mol. The molecule has 1 saturated carbocycles. The van der Waals surface area contributed by atoms with Gasteiger partial charge in [0.2, 0.25) is 11.7 Å². The van der Waals surface area contributed by atoms with Crippen molar-refractivity contribution in [1.29, 1.82) is 5.26 Å². The number of furan rings is 1. The summed E-state index contributed by atoms with van der Waals surface area (Å²) in [5, 5.41) is 21.5. The van der Waals surface area contributed by atoms with Gasteiger partial charge >= 0.3 is 0 Å². The third kappa shape index (κ3) is 3.02. The van der Waals surface area contributed by atoms with E-state index in [9.17, 15) is 20.0 Å². The van der Waals surface area contributed by atoms with E-state index in [1.807, 2.05) is 31.2 Å². The molecule has 3 aromatic rings. The first-order valence-electron chi connectivity index (χ1n) is 10.3. The zero-order valence-corrected chi connectivity index (χ0v) is 17.4. The Morgan fingerprint density at radius 2 is 1.87 bits per heavy atom. The third-order valence-corrected chi connectivity index (χ3v) is 6.21. The van der Waals surface area contributed by atoms with Crippen molar-refractivity contribution in [3.8, 4) is 11.9 Å². The fourth-order valence-corrected chi connectivity index (χ4v) is 4.54. The van der Waals surface area contributed by atoms with Gasteiger partial charge in [0.25, 0.3) is 5.56 Å². The standard InChI is InChI=1S/C24H24N2O4/c1-13-9-10-19-17(11-13)15(3)22(30-19)21(27)20-14(2)18(12-25)23(28)26(24(20)29)16-7-5-4-6-8-16/h9-11,16,29H,4-8H2,1-3H3. The second-order valence-corrected chi connectivity index (χ2v) is 8.16. The van der Waals surface area contributed by atoms with E-state index in [0.717, 1.165) is 43.1 Å². The smallest absolute Gasteiger partial charge is 0.271 e. The number of carbonyl (C=O) groups excluding carboxylic acids is 1. The zero-order chi connectivity index (χ0) is 21.6. The van der Waals surface area contributed by atoms with Crippen LogP contribution in [0.15, 0.2) is 27.4 Å². The summed E-state index contributed by atoms with van der Waals surface area (Å²) < 4.78 is 7.09. The number of aryl methyl sites for hydroxylation is 2. The molecule has 0 spiro atoms. The van der Waals surface area contributed by atoms with Gasteiger partial charge in [0.05, 0.1) is 5.56 Å². The number of nitriles is 1. The molecule has 30 heavy (non-hydrogen) atoms. The van der Waals surface area contributed by atoms with Crippen LogP contribution in [0.3, 0.4) is 0 Å². The first-order chi connectivity index (χ1) is 14.3. The molecule has 2 heterocycles. The summed E-state index contributed by atoms with van der Waals surface area (Å²) in [4.78, 5) is 26.4. The molecule has 1 aliphatic carbocycles. The number of aromatic nitrogens is 1. The maximum Gasteiger partial charge on any atom is 0.271 e. The highest BCUT2D eigenvalue weighted by Crippen LogP contribution is 2.35. The number of fused-ring (bicyclic) bond motifs is 1. The number of benzene rings is 1. The predicted octanol–water partition coefficient (Wildman–Crippen LogP) is 4.83. The van der Waals surface area contributed by atoms with Gasteiger partial charge in [0, 0.05) is 17.0 Å². The number of nitrogens with zero attached hydrogens (tertiary/aromatic N) is 2. The number of hydrogen-bond donors (Lipinski definition) is 1. The zero-order valence-electron chi connectivity index (χ0n) is 17.4. The average Bonchev–Trinajstić information content (AvgIpc) is 3.05. The predicted molar refractivity (Wildman–Crippen MR) is 113 cm³/mol. The fraction of sp³-hybridized carbons (Fsp3) is 0.375. The lowest BCUT2D eigenvalue weighted by atomic mass is 9.93. The minimum absolute atomic E-state index is 0.0319. The first kappa shape index (κ1) is 20.0. The van der Waals surface area contributed by atoms with Crippen molar-refractivity contribution in [3.05, 3.63) is 62.1 Å². The Kier molecular flexibility index (Phi) is 4.98. The van der Waals surface area contributed by atoms with Crippen LogP contribution in [0.4, 0.5) is 0 Å². The maximum absolute atomic E-state index is 13.5. The van der Waals surface area contributed by atoms with E-state index in [0.29, 0.717) is 11.1 Å². The molecule has 0 unspecified atom stereocenters. The molecular formula is C24H24N2O4. The van der Waals surface area contributed by atoms with Gasteiger partial charge in [-0.05, 0) is 51.3 Å². The lowest BCUT2D eigenvalue weighted by Gasteiger charge is -2.26. The summed E-state index contributed by atoms with van der Waals surface area (Å²) in [7, 11) is 0. The molecule has 4 rings (SSSR count). The number of ketones is 1. The normalized spacial score (nSPS) is 14.7. The molecule has 154 valence electrons. The summed E-state index contributed by atoms with van der Waals surface area (Å²) in [6, 6.07) is 7.38. The molecule has 1 aliphatic rings. The third-order valence-electron chi connectivity index (χ3n) is 6.21. The van der Waals surface area contributed by atoms with Gasteiger partial charge in [-0.3, -0.25) is 14.2 Å². The Morgan fingerprint density at radius 1 is 1.17 bits per heavy atom. The first-order valence-corrected chi connectivity index (χ1v) is 10.3. The van der Waals surface area contributed by atoms with Gasteiger partial charge in [-0.2, -0.15) is 5.26 Å². The van der Waals surface area contributed by atoms with Crippen LogP contribution in [0.5, 0.6) is 5.88 Å². The van der Waals surface area contributed by atoms with Crippen LogP contribution in [0.1, 0.15) is 76.5 Å². The van der Waals surface area contributed by atoms with Crippen molar-refractivity contribution in [2.45, 2.75) is 58.9 Å². The molecule has 1 aromatic carbocycles. The fourth-order valence-electron chi connectivity index (χ4n) is 4.54. The molecule has 6 heteroatoms. The summed E-state index contributed by atoms with van der Waals surface area (Å²) in [6.45, 7) is 5.29. The van der Waals surface area contributed by atoms with Crippen molar-refractivity contribution in [2.24, 2.45) is 0 Å². The topological polar surface area (TPSA) is 96.2 Å². The van der Waals surface area contributed by atoms with E-state index in [4.69, 9.17) is 4.42 Å². The van der Waals surface area contributed by atoms with Gasteiger partial charge in [-0.15, -0.1) is 0 Å². The summed E-state index contributed by atoms with van der Waals surface area (Å²) >= 11 is 0. The van der Waals surface area contributed by atoms with E-state index >= 15 is 0 Å². The van der Waals surface area contributed by atoms with Crippen LogP contribution in [0.25, 0.3) is 11.0 Å². The molecule has 2 aromatic heterocycles. The van der Waals surface area contributed by atoms with Crippen LogP contribution in [0.2, 0.25) is 0 Å². The number of hydrogen-bond acceptors (Lipinski definition) is 5. The SMILES string of the molecule is Cc1ccc2oc(C(=O)c3c(C)c(C#N)c(=O)n(C4CCCCC4)c3O)c(C)c2c1. The Bertz CT molecular complexity index is 1270. The number of carbonyl (C=O) groups is 1. The largest absolute Gasteiger partial charge is 0.494 e. The lowest BCUT2D eigenvalue weighted by Crippen LogP contribution is -2.31. The molecule has 6 nitrogen and oxygen atoms in total. The Labute approximate surface area is 174 Å². The molecule has 0 radical (unpaired) electrons. The van der Waals surface area contributed by atoms with E-state index < -0.39 is 11.3 Å². The van der Waals surface area contributed by atoms with Gasteiger partial charge in [0.15, 0.2) is 5.76 Å². The average molecular weight is 404 g/mol. The Morgan fingerprint density at radius 3 is 2.53 bits per heavy atom. The van der Waals surface area contributed by atoms with E-state index in [1.54, 1.807) is 6.92 Å². The summed E-state index contributed by atoms with van der Waals surface area (Å²) in [5.74, 6) is -0.770. The highest BCUT2D eigenvalue weighted by atomic mass is 16.3. The monoisotopic (exact) mass is 404 g/mol. The highest BCUT2D eigenvalue weighted by molar-refractivity contribution is 6.12. The van der Waals surface area contributed by atoms with Crippen LogP contribution < -0.4 is 5.56 Å². The second kappa shape index (κ2) is 7.49. The van der Waals surface area contributed by atoms with Crippen LogP contribution >= 0.6 is 0 Å². The number of pyridine rings is 1. The van der Waals surface area contributed by atoms with Crippen molar-refractivity contribution < 1.29 is 14.3 Å². The second-order valence-electron chi connectivity index (χ2n) is 8.16. The summed E-state index contributed by atoms with van der Waals surface area (Å²) in [6.07, 6.45) is 4.43. The number of aromatic hydroxyl groups is 1. The van der Waals surface area contributed by atoms with Crippen LogP contribution in [-0.2, 0) is 0 Å². The van der Waals surface area contributed by atoms with E-state index in [-0.39, 0.29) is 34.4 Å². The molecule has 1 fully saturated rings. The number of rotatable bonds is 3. The van der Waals surface area contributed by atoms with E-state index in [1.165, 1.54) is 11.5 Å². The molecule has 0 atom stereocenters. The Balaban J connectivity index is 1.94. The lowest BCUT2D eigenvalue weighted by molar-refractivity contribution is 0.100. The molecule has 1 N–H and O–H groups in total. The van der Waals surface area contributed by atoms with Crippen LogP contribution in [-0.4, -0.2) is 15.5 Å². The molecule has 0 bridgehead atoms. The minimum Gasteiger partial charge on any atom is -0.494 e. The molecule has 0 aliphatic heterocycles. The van der Waals surface area contributed by atoms with E-state index in [2.05, 4.69) is 0 Å².